The molecule has 1 N–H and O–H groups in total. The van der Waals surface area contributed by atoms with Gasteiger partial charge in [0.15, 0.2) is 0 Å². The minimum atomic E-state index is -0.000410. The van der Waals surface area contributed by atoms with Crippen LogP contribution in [0.3, 0.4) is 0 Å². The number of hydrogen-bond acceptors (Lipinski definition) is 1. The molecule has 1 aliphatic carbocycles. The van der Waals surface area contributed by atoms with Crippen LogP contribution in [-0.4, -0.2) is 5.91 Å². The van der Waals surface area contributed by atoms with Crippen LogP contribution in [0.2, 0.25) is 0 Å². The van der Waals surface area contributed by atoms with Crippen molar-refractivity contribution in [2.75, 3.05) is 0 Å². The Hall–Kier alpha value is -2.09. The van der Waals surface area contributed by atoms with Crippen molar-refractivity contribution in [2.24, 2.45) is 5.92 Å². The molecule has 138 valence electrons. The molecule has 1 atom stereocenters. The molecule has 0 aliphatic heterocycles. The Morgan fingerprint density at radius 3 is 2.27 bits per heavy atom. The van der Waals surface area contributed by atoms with Crippen LogP contribution in [0.1, 0.15) is 85.8 Å². The van der Waals surface area contributed by atoms with E-state index in [1.807, 2.05) is 49.4 Å². The van der Waals surface area contributed by atoms with Crippen molar-refractivity contribution in [2.45, 2.75) is 64.3 Å². The average Bonchev–Trinajstić information content (AvgIpc) is 2.69. The Morgan fingerprint density at radius 1 is 1.00 bits per heavy atom. The predicted octanol–water partition coefficient (Wildman–Crippen LogP) is 6.25. The van der Waals surface area contributed by atoms with Gasteiger partial charge in [-0.2, -0.15) is 0 Å². The Bertz CT molecular complexity index is 684. The van der Waals surface area contributed by atoms with Crippen molar-refractivity contribution in [3.05, 3.63) is 71.3 Å². The fourth-order valence-corrected chi connectivity index (χ4v) is 4.20. The van der Waals surface area contributed by atoms with Crippen LogP contribution >= 0.6 is 0 Å². The van der Waals surface area contributed by atoms with Gasteiger partial charge >= 0.3 is 0 Å². The molecule has 0 bridgehead atoms. The lowest BCUT2D eigenvalue weighted by Crippen LogP contribution is -2.26. The molecule has 2 nitrogen and oxygen atoms in total. The zero-order valence-corrected chi connectivity index (χ0v) is 16.1. The number of nitrogens with one attached hydrogen (secondary N) is 1. The third kappa shape index (κ3) is 4.75. The lowest BCUT2D eigenvalue weighted by Gasteiger charge is -2.28. The van der Waals surface area contributed by atoms with Gasteiger partial charge < -0.3 is 5.32 Å². The Morgan fingerprint density at radius 2 is 1.65 bits per heavy atom. The third-order valence-electron chi connectivity index (χ3n) is 5.84. The number of rotatable bonds is 6. The zero-order valence-electron chi connectivity index (χ0n) is 16.1. The molecule has 0 spiro atoms. The molecule has 1 saturated carbocycles. The normalized spacial score (nSPS) is 21.2. The number of hydrogen-bond donors (Lipinski definition) is 1. The van der Waals surface area contributed by atoms with Gasteiger partial charge in [0.2, 0.25) is 0 Å². The number of amides is 1. The molecule has 1 fully saturated rings. The largest absolute Gasteiger partial charge is 0.346 e. The summed E-state index contributed by atoms with van der Waals surface area (Å²) < 4.78 is 0. The van der Waals surface area contributed by atoms with E-state index in [2.05, 4.69) is 24.4 Å². The first kappa shape index (κ1) is 18.7. The molecule has 0 heterocycles. The van der Waals surface area contributed by atoms with Crippen LogP contribution in [-0.2, 0) is 0 Å². The van der Waals surface area contributed by atoms with E-state index in [1.54, 1.807) is 0 Å². The molecular formula is C24H31NO. The van der Waals surface area contributed by atoms with E-state index >= 15 is 0 Å². The fourth-order valence-electron chi connectivity index (χ4n) is 4.20. The van der Waals surface area contributed by atoms with E-state index in [4.69, 9.17) is 0 Å². The summed E-state index contributed by atoms with van der Waals surface area (Å²) in [5.74, 6) is 1.60. The first-order valence-corrected chi connectivity index (χ1v) is 10.1. The summed E-state index contributed by atoms with van der Waals surface area (Å²) in [6, 6.07) is 18.4. The topological polar surface area (TPSA) is 29.1 Å². The molecule has 2 aromatic carbocycles. The summed E-state index contributed by atoms with van der Waals surface area (Å²) in [4.78, 5) is 12.5. The van der Waals surface area contributed by atoms with Gasteiger partial charge in [-0.15, -0.1) is 0 Å². The van der Waals surface area contributed by atoms with Crippen LogP contribution < -0.4 is 5.32 Å². The number of carbonyl (C=O) groups is 1. The second kappa shape index (κ2) is 9.02. The highest BCUT2D eigenvalue weighted by Crippen LogP contribution is 2.37. The van der Waals surface area contributed by atoms with E-state index in [-0.39, 0.29) is 11.9 Å². The molecule has 3 rings (SSSR count). The lowest BCUT2D eigenvalue weighted by molar-refractivity contribution is 0.0940. The first-order chi connectivity index (χ1) is 12.7. The van der Waals surface area contributed by atoms with Crippen molar-refractivity contribution in [3.63, 3.8) is 0 Å². The molecular weight excluding hydrogens is 318 g/mol. The quantitative estimate of drug-likeness (QED) is 0.656. The van der Waals surface area contributed by atoms with Gasteiger partial charge in [-0.25, -0.2) is 0 Å². The molecule has 0 unspecified atom stereocenters. The Balaban J connectivity index is 1.56. The van der Waals surface area contributed by atoms with E-state index in [0.29, 0.717) is 5.92 Å². The smallest absolute Gasteiger partial charge is 0.251 e. The van der Waals surface area contributed by atoms with Crippen LogP contribution in [0, 0.1) is 5.92 Å². The summed E-state index contributed by atoms with van der Waals surface area (Å²) in [6.07, 6.45) is 7.99. The molecule has 0 saturated heterocycles. The van der Waals surface area contributed by atoms with E-state index in [1.165, 1.54) is 44.1 Å². The maximum absolute atomic E-state index is 12.5. The summed E-state index contributed by atoms with van der Waals surface area (Å²) in [5.41, 5.74) is 3.27. The first-order valence-electron chi connectivity index (χ1n) is 10.1. The van der Waals surface area contributed by atoms with Crippen molar-refractivity contribution < 1.29 is 4.79 Å². The van der Waals surface area contributed by atoms with Gasteiger partial charge in [0.25, 0.3) is 5.91 Å². The van der Waals surface area contributed by atoms with Crippen molar-refractivity contribution in [1.29, 1.82) is 0 Å². The van der Waals surface area contributed by atoms with Crippen LogP contribution in [0.15, 0.2) is 54.6 Å². The molecule has 26 heavy (non-hydrogen) atoms. The molecule has 1 amide bonds. The second-order valence-electron chi connectivity index (χ2n) is 7.73. The highest BCUT2D eigenvalue weighted by molar-refractivity contribution is 5.94. The van der Waals surface area contributed by atoms with Crippen molar-refractivity contribution >= 4 is 5.91 Å². The SMILES string of the molecule is CCCC1CCC(c2ccc(C(=O)N[C@H](C)c3ccccc3)cc2)CC1. The zero-order chi connectivity index (χ0) is 18.4. The number of benzene rings is 2. The summed E-state index contributed by atoms with van der Waals surface area (Å²) in [5, 5.41) is 3.09. The maximum Gasteiger partial charge on any atom is 0.251 e. The highest BCUT2D eigenvalue weighted by Gasteiger charge is 2.22. The van der Waals surface area contributed by atoms with E-state index in [9.17, 15) is 4.79 Å². The van der Waals surface area contributed by atoms with Gasteiger partial charge in [-0.05, 0) is 67.7 Å². The maximum atomic E-state index is 12.5. The minimum absolute atomic E-state index is 0.000410. The van der Waals surface area contributed by atoms with Crippen molar-refractivity contribution in [3.8, 4) is 0 Å². The van der Waals surface area contributed by atoms with E-state index in [0.717, 1.165) is 17.0 Å². The van der Waals surface area contributed by atoms with Crippen molar-refractivity contribution in [1.82, 2.24) is 5.32 Å². The highest BCUT2D eigenvalue weighted by atomic mass is 16.1. The van der Waals surface area contributed by atoms with Gasteiger partial charge in [0.1, 0.15) is 0 Å². The van der Waals surface area contributed by atoms with Gasteiger partial charge in [-0.3, -0.25) is 4.79 Å². The fraction of sp³-hybridized carbons (Fsp3) is 0.458. The molecule has 2 aromatic rings. The lowest BCUT2D eigenvalue weighted by atomic mass is 9.77. The molecule has 0 aromatic heterocycles. The monoisotopic (exact) mass is 349 g/mol. The Kier molecular flexibility index (Phi) is 6.49. The van der Waals surface area contributed by atoms with Gasteiger partial charge in [-0.1, -0.05) is 62.2 Å². The van der Waals surface area contributed by atoms with Crippen LogP contribution in [0.5, 0.6) is 0 Å². The summed E-state index contributed by atoms with van der Waals surface area (Å²) in [7, 11) is 0. The minimum Gasteiger partial charge on any atom is -0.346 e. The summed E-state index contributed by atoms with van der Waals surface area (Å²) >= 11 is 0. The molecule has 1 aliphatic rings. The standard InChI is InChI=1S/C24H31NO/c1-3-7-19-10-12-21(13-11-19)22-14-16-23(17-15-22)24(26)25-18(2)20-8-5-4-6-9-20/h4-6,8-9,14-19,21H,3,7,10-13H2,1-2H3,(H,25,26)/t18-,19?,21?/m1/s1. The third-order valence-corrected chi connectivity index (χ3v) is 5.84. The average molecular weight is 350 g/mol. The molecule has 0 radical (unpaired) electrons. The molecule has 2 heteroatoms. The van der Waals surface area contributed by atoms with Crippen LogP contribution in [0.4, 0.5) is 0 Å². The predicted molar refractivity (Wildman–Crippen MR) is 108 cm³/mol. The van der Waals surface area contributed by atoms with Gasteiger partial charge in [0, 0.05) is 5.56 Å². The Labute approximate surface area is 158 Å². The van der Waals surface area contributed by atoms with E-state index < -0.39 is 0 Å². The summed E-state index contributed by atoms with van der Waals surface area (Å²) in [6.45, 7) is 4.31. The van der Waals surface area contributed by atoms with Gasteiger partial charge in [0.05, 0.1) is 6.04 Å². The van der Waals surface area contributed by atoms with Crippen LogP contribution in [0.25, 0.3) is 0 Å². The number of carbonyl (C=O) groups excluding carboxylic acids is 1. The second-order valence-corrected chi connectivity index (χ2v) is 7.73.